The Morgan fingerprint density at radius 1 is 0.960 bits per heavy atom. The summed E-state index contributed by atoms with van der Waals surface area (Å²) in [7, 11) is 7.04. The molecule has 0 bridgehead atoms. The van der Waals surface area contributed by atoms with Crippen LogP contribution in [-0.4, -0.2) is 81.5 Å². The first-order valence-corrected chi connectivity index (χ1v) is 16.3. The molecule has 13 heteroatoms. The smallest absolute Gasteiger partial charge is 0.231 e. The highest BCUT2D eigenvalue weighted by molar-refractivity contribution is 6.35. The molecule has 5 rings (SSSR count). The molecule has 3 aromatic carbocycles. The van der Waals surface area contributed by atoms with Gasteiger partial charge in [-0.2, -0.15) is 0 Å². The Labute approximate surface area is 294 Å². The van der Waals surface area contributed by atoms with Gasteiger partial charge in [-0.05, 0) is 29.7 Å². The predicted molar refractivity (Wildman–Crippen MR) is 183 cm³/mol. The molecule has 12 nitrogen and oxygen atoms in total. The Bertz CT molecular complexity index is 1800. The molecule has 1 heterocycles. The van der Waals surface area contributed by atoms with E-state index < -0.39 is 46.7 Å². The molecule has 3 N–H and O–H groups in total. The number of carbonyl (C=O) groups excluding carboxylic acids is 3. The van der Waals surface area contributed by atoms with Crippen molar-refractivity contribution in [3.8, 4) is 34.5 Å². The number of hydrogen-bond acceptors (Lipinski definition) is 11. The summed E-state index contributed by atoms with van der Waals surface area (Å²) in [5.74, 6) is -3.40. The van der Waals surface area contributed by atoms with Gasteiger partial charge in [-0.15, -0.1) is 0 Å². The monoisotopic (exact) mass is 709 g/mol. The van der Waals surface area contributed by atoms with Crippen LogP contribution in [0.15, 0.2) is 59.9 Å². The summed E-state index contributed by atoms with van der Waals surface area (Å²) in [6.45, 7) is 1.26. The van der Waals surface area contributed by atoms with Gasteiger partial charge in [0.1, 0.15) is 22.1 Å². The molecule has 0 radical (unpaired) electrons. The van der Waals surface area contributed by atoms with Gasteiger partial charge in [0.2, 0.25) is 23.0 Å². The van der Waals surface area contributed by atoms with Crippen LogP contribution in [0.5, 0.6) is 34.5 Å². The highest BCUT2D eigenvalue weighted by atomic mass is 35.5. The molecule has 0 saturated heterocycles. The lowest BCUT2D eigenvalue weighted by Gasteiger charge is -2.39. The van der Waals surface area contributed by atoms with E-state index in [1.807, 2.05) is 30.3 Å². The fourth-order valence-corrected chi connectivity index (χ4v) is 7.02. The van der Waals surface area contributed by atoms with Gasteiger partial charge in [0, 0.05) is 36.3 Å². The number of carbonyl (C=O) groups is 3. The van der Waals surface area contributed by atoms with E-state index in [1.165, 1.54) is 41.6 Å². The number of ether oxygens (including phenoxy) is 6. The minimum absolute atomic E-state index is 0.0130. The van der Waals surface area contributed by atoms with Crippen LogP contribution in [-0.2, 0) is 16.0 Å². The number of aliphatic hydroxyl groups excluding tert-OH is 2. The van der Waals surface area contributed by atoms with E-state index in [0.717, 1.165) is 5.56 Å². The lowest BCUT2D eigenvalue weighted by Crippen LogP contribution is -2.53. The number of halogens is 1. The van der Waals surface area contributed by atoms with Gasteiger partial charge < -0.3 is 44.0 Å². The lowest BCUT2D eigenvalue weighted by molar-refractivity contribution is -0.122. The second-order valence-electron chi connectivity index (χ2n) is 12.1. The van der Waals surface area contributed by atoms with Crippen molar-refractivity contribution in [2.75, 3.05) is 42.2 Å². The summed E-state index contributed by atoms with van der Waals surface area (Å²) in [5, 5.41) is 25.2. The first kappa shape index (κ1) is 36.3. The van der Waals surface area contributed by atoms with Gasteiger partial charge in [-0.25, -0.2) is 0 Å². The number of ketones is 2. The van der Waals surface area contributed by atoms with Gasteiger partial charge in [-0.3, -0.25) is 14.4 Å². The molecule has 266 valence electrons. The number of Topliss-reactive ketones (excluding diaryl/α,β-unsaturated/α-hetero) is 2. The Morgan fingerprint density at radius 2 is 1.58 bits per heavy atom. The standard InChI is InChI=1S/C37H40ClNO11/c1-19-12-24(41)30(35(43)37(19)36(44)31-25(45-2)17-26(46-3)32(38)34(31)50-37)23(21-14-27(47-4)33(49-6)28(15-21)48-5)16-29(42)39-22(18-40)13-20-10-8-7-9-11-20/h7-11,14-15,17,19,22-23,40,43H,12-13,16,18H2,1-6H3,(H,39,42)/t19-,22-,23?,37+/m1/s1. The van der Waals surface area contributed by atoms with Crippen molar-refractivity contribution in [1.82, 2.24) is 5.32 Å². The molecule has 0 saturated carbocycles. The van der Waals surface area contributed by atoms with Gasteiger partial charge >= 0.3 is 0 Å². The molecule has 50 heavy (non-hydrogen) atoms. The maximum atomic E-state index is 14.4. The van der Waals surface area contributed by atoms with Crippen molar-refractivity contribution in [1.29, 1.82) is 0 Å². The molecule has 2 aliphatic rings. The van der Waals surface area contributed by atoms with Gasteiger partial charge in [0.25, 0.3) is 0 Å². The van der Waals surface area contributed by atoms with E-state index in [9.17, 15) is 24.6 Å². The number of nitrogens with one attached hydrogen (secondary N) is 1. The second kappa shape index (κ2) is 14.9. The molecule has 1 unspecified atom stereocenters. The van der Waals surface area contributed by atoms with E-state index in [4.69, 9.17) is 40.0 Å². The van der Waals surface area contributed by atoms with Crippen LogP contribution in [0.1, 0.15) is 47.2 Å². The number of allylic oxidation sites excluding steroid dienone is 1. The number of benzene rings is 3. The van der Waals surface area contributed by atoms with Crippen molar-refractivity contribution in [3.05, 3.63) is 81.6 Å². The van der Waals surface area contributed by atoms with Crippen LogP contribution in [0.4, 0.5) is 0 Å². The average Bonchev–Trinajstić information content (AvgIpc) is 3.44. The van der Waals surface area contributed by atoms with Crippen LogP contribution in [0.2, 0.25) is 5.02 Å². The van der Waals surface area contributed by atoms with Crippen LogP contribution in [0, 0.1) is 5.92 Å². The number of rotatable bonds is 13. The quantitative estimate of drug-likeness (QED) is 0.219. The maximum absolute atomic E-state index is 14.4. The molecular weight excluding hydrogens is 670 g/mol. The summed E-state index contributed by atoms with van der Waals surface area (Å²) in [4.78, 5) is 42.3. The van der Waals surface area contributed by atoms with Crippen molar-refractivity contribution >= 4 is 29.1 Å². The highest BCUT2D eigenvalue weighted by Gasteiger charge is 2.61. The van der Waals surface area contributed by atoms with Crippen molar-refractivity contribution in [2.45, 2.75) is 43.7 Å². The van der Waals surface area contributed by atoms with Crippen molar-refractivity contribution in [3.63, 3.8) is 0 Å². The predicted octanol–water partition coefficient (Wildman–Crippen LogP) is 5.01. The SMILES string of the molecule is COc1cc(OC)c2c(c1Cl)O[C@]1(C2=O)C(O)=C(C(CC(=O)N[C@@H](CO)Cc2ccccc2)c2cc(OC)c(OC)c(OC)c2)C(=O)C[C@H]1C. The molecule has 1 aliphatic heterocycles. The summed E-state index contributed by atoms with van der Waals surface area (Å²) in [6, 6.07) is 13.3. The van der Waals surface area contributed by atoms with Gasteiger partial charge in [0.05, 0.1) is 48.2 Å². The summed E-state index contributed by atoms with van der Waals surface area (Å²) >= 11 is 6.62. The Kier molecular flexibility index (Phi) is 10.8. The van der Waals surface area contributed by atoms with Gasteiger partial charge in [-0.1, -0.05) is 48.9 Å². The molecule has 1 spiro atoms. The number of amides is 1. The third kappa shape index (κ3) is 6.29. The van der Waals surface area contributed by atoms with Crippen molar-refractivity contribution < 1.29 is 53.0 Å². The zero-order chi connectivity index (χ0) is 36.3. The van der Waals surface area contributed by atoms with E-state index in [2.05, 4.69) is 5.32 Å². The second-order valence-corrected chi connectivity index (χ2v) is 12.5. The van der Waals surface area contributed by atoms with Crippen LogP contribution in [0.25, 0.3) is 0 Å². The Morgan fingerprint density at radius 3 is 2.14 bits per heavy atom. The first-order chi connectivity index (χ1) is 24.0. The summed E-state index contributed by atoms with van der Waals surface area (Å²) in [6.07, 6.45) is -0.247. The minimum Gasteiger partial charge on any atom is -0.507 e. The summed E-state index contributed by atoms with van der Waals surface area (Å²) in [5.41, 5.74) is -1.06. The van der Waals surface area contributed by atoms with Crippen LogP contribution in [0.3, 0.4) is 0 Å². The minimum atomic E-state index is -2.08. The third-order valence-electron chi connectivity index (χ3n) is 9.25. The third-order valence-corrected chi connectivity index (χ3v) is 9.61. The number of hydrogen-bond donors (Lipinski definition) is 3. The van der Waals surface area contributed by atoms with Gasteiger partial charge in [0.15, 0.2) is 28.8 Å². The first-order valence-electron chi connectivity index (χ1n) is 15.9. The zero-order valence-electron chi connectivity index (χ0n) is 28.6. The van der Waals surface area contributed by atoms with E-state index in [0.29, 0.717) is 12.0 Å². The number of fused-ring (bicyclic) bond motifs is 1. The molecule has 1 amide bonds. The molecular formula is C37H40ClNO11. The lowest BCUT2D eigenvalue weighted by atomic mass is 9.69. The molecule has 1 aliphatic carbocycles. The molecule has 4 atom stereocenters. The Balaban J connectivity index is 1.66. The van der Waals surface area contributed by atoms with Crippen LogP contribution < -0.4 is 33.7 Å². The largest absolute Gasteiger partial charge is 0.507 e. The highest BCUT2D eigenvalue weighted by Crippen LogP contribution is 2.56. The maximum Gasteiger partial charge on any atom is 0.231 e. The average molecular weight is 710 g/mol. The fraction of sp³-hybridized carbons (Fsp3) is 0.378. The van der Waals surface area contributed by atoms with Crippen molar-refractivity contribution in [2.24, 2.45) is 5.92 Å². The summed E-state index contributed by atoms with van der Waals surface area (Å²) < 4.78 is 33.8. The van der Waals surface area contributed by atoms with E-state index >= 15 is 0 Å². The zero-order valence-corrected chi connectivity index (χ0v) is 29.4. The normalized spacial score (nSPS) is 19.4. The fourth-order valence-electron chi connectivity index (χ4n) is 6.76. The number of aliphatic hydroxyl groups is 2. The van der Waals surface area contributed by atoms with E-state index in [1.54, 1.807) is 19.1 Å². The van der Waals surface area contributed by atoms with E-state index in [-0.39, 0.29) is 70.1 Å². The molecule has 0 fully saturated rings. The molecule has 3 aromatic rings. The van der Waals surface area contributed by atoms with Crippen LogP contribution >= 0.6 is 11.6 Å². The Hall–Kier alpha value is -4.94. The molecule has 0 aromatic heterocycles. The number of methoxy groups -OCH3 is 5. The topological polar surface area (TPSA) is 159 Å².